The van der Waals surface area contributed by atoms with Crippen molar-refractivity contribution in [1.82, 2.24) is 5.32 Å². The Labute approximate surface area is 97.0 Å². The molecule has 2 fully saturated rings. The minimum atomic E-state index is 0.104. The predicted octanol–water partition coefficient (Wildman–Crippen LogP) is 1.70. The molecule has 0 radical (unpaired) electrons. The Balaban J connectivity index is 1.79. The molecule has 16 heavy (non-hydrogen) atoms. The Morgan fingerprint density at radius 1 is 0.938 bits per heavy atom. The summed E-state index contributed by atoms with van der Waals surface area (Å²) in [7, 11) is 0. The van der Waals surface area contributed by atoms with Crippen LogP contribution in [0.25, 0.3) is 0 Å². The average Bonchev–Trinajstić information content (AvgIpc) is 2.83. The Hall–Kier alpha value is -0.700. The lowest BCUT2D eigenvalue weighted by atomic mass is 9.83. The SMILES string of the molecule is O=C(CC(=O)C1CCNC1)C1CCCCC1. The minimum absolute atomic E-state index is 0.104. The molecule has 0 bridgehead atoms. The molecule has 3 heteroatoms. The fourth-order valence-electron chi connectivity index (χ4n) is 2.81. The molecular formula is C13H21NO2. The van der Waals surface area contributed by atoms with Gasteiger partial charge in [0.15, 0.2) is 0 Å². The molecule has 1 heterocycles. The van der Waals surface area contributed by atoms with E-state index in [1.807, 2.05) is 0 Å². The summed E-state index contributed by atoms with van der Waals surface area (Å²) in [5, 5.41) is 3.17. The number of carbonyl (C=O) groups is 2. The van der Waals surface area contributed by atoms with Gasteiger partial charge in [-0.15, -0.1) is 0 Å². The van der Waals surface area contributed by atoms with Crippen LogP contribution in [0.3, 0.4) is 0 Å². The lowest BCUT2D eigenvalue weighted by molar-refractivity contribution is -0.131. The highest BCUT2D eigenvalue weighted by Crippen LogP contribution is 2.26. The fraction of sp³-hybridized carbons (Fsp3) is 0.846. The van der Waals surface area contributed by atoms with Gasteiger partial charge >= 0.3 is 0 Å². The van der Waals surface area contributed by atoms with Crippen molar-refractivity contribution < 1.29 is 9.59 Å². The quantitative estimate of drug-likeness (QED) is 0.738. The zero-order chi connectivity index (χ0) is 11.4. The van der Waals surface area contributed by atoms with Crippen molar-refractivity contribution in [3.63, 3.8) is 0 Å². The van der Waals surface area contributed by atoms with Gasteiger partial charge < -0.3 is 5.32 Å². The van der Waals surface area contributed by atoms with Crippen molar-refractivity contribution in [3.05, 3.63) is 0 Å². The van der Waals surface area contributed by atoms with Gasteiger partial charge in [-0.2, -0.15) is 0 Å². The molecule has 2 aliphatic rings. The normalized spacial score (nSPS) is 26.9. The van der Waals surface area contributed by atoms with Crippen molar-refractivity contribution >= 4 is 11.6 Å². The van der Waals surface area contributed by atoms with E-state index in [0.717, 1.165) is 45.2 Å². The summed E-state index contributed by atoms with van der Waals surface area (Å²) in [6, 6.07) is 0. The second-order valence-electron chi connectivity index (χ2n) is 5.13. The van der Waals surface area contributed by atoms with Gasteiger partial charge in [-0.25, -0.2) is 0 Å². The molecule has 0 amide bonds. The molecule has 0 spiro atoms. The maximum absolute atomic E-state index is 11.9. The van der Waals surface area contributed by atoms with Crippen LogP contribution in [0.5, 0.6) is 0 Å². The molecule has 1 atom stereocenters. The Kier molecular flexibility index (Phi) is 4.10. The van der Waals surface area contributed by atoms with Gasteiger partial charge in [-0.3, -0.25) is 9.59 Å². The number of Topliss-reactive ketones (excluding diaryl/α,β-unsaturated/α-hetero) is 2. The predicted molar refractivity (Wildman–Crippen MR) is 62.2 cm³/mol. The molecule has 1 aliphatic heterocycles. The van der Waals surface area contributed by atoms with Crippen LogP contribution in [0.4, 0.5) is 0 Å². The molecule has 1 aliphatic carbocycles. The third-order valence-corrected chi connectivity index (χ3v) is 3.92. The van der Waals surface area contributed by atoms with Gasteiger partial charge in [0.1, 0.15) is 11.6 Å². The minimum Gasteiger partial charge on any atom is -0.316 e. The second kappa shape index (κ2) is 5.58. The Morgan fingerprint density at radius 3 is 2.25 bits per heavy atom. The number of hydrogen-bond acceptors (Lipinski definition) is 3. The smallest absolute Gasteiger partial charge is 0.144 e. The van der Waals surface area contributed by atoms with Crippen LogP contribution in [0, 0.1) is 11.8 Å². The Bertz CT molecular complexity index is 263. The van der Waals surface area contributed by atoms with E-state index in [9.17, 15) is 9.59 Å². The molecule has 1 saturated heterocycles. The van der Waals surface area contributed by atoms with Crippen LogP contribution >= 0.6 is 0 Å². The van der Waals surface area contributed by atoms with Crippen LogP contribution in [-0.2, 0) is 9.59 Å². The summed E-state index contributed by atoms with van der Waals surface area (Å²) < 4.78 is 0. The van der Waals surface area contributed by atoms with Crippen molar-refractivity contribution in [1.29, 1.82) is 0 Å². The van der Waals surface area contributed by atoms with Crippen LogP contribution < -0.4 is 5.32 Å². The summed E-state index contributed by atoms with van der Waals surface area (Å²) in [6.45, 7) is 1.70. The van der Waals surface area contributed by atoms with Crippen molar-refractivity contribution in [2.75, 3.05) is 13.1 Å². The highest BCUT2D eigenvalue weighted by atomic mass is 16.1. The number of rotatable bonds is 4. The lowest BCUT2D eigenvalue weighted by Gasteiger charge is -2.20. The van der Waals surface area contributed by atoms with Gasteiger partial charge in [0.25, 0.3) is 0 Å². The molecule has 1 N–H and O–H groups in total. The van der Waals surface area contributed by atoms with E-state index in [1.165, 1.54) is 6.42 Å². The van der Waals surface area contributed by atoms with E-state index >= 15 is 0 Å². The highest BCUT2D eigenvalue weighted by Gasteiger charge is 2.27. The molecule has 0 aromatic rings. The fourth-order valence-corrected chi connectivity index (χ4v) is 2.81. The third kappa shape index (κ3) is 2.91. The molecule has 3 nitrogen and oxygen atoms in total. The number of ketones is 2. The first-order valence-electron chi connectivity index (χ1n) is 6.53. The Morgan fingerprint density at radius 2 is 1.62 bits per heavy atom. The number of nitrogens with one attached hydrogen (secondary N) is 1. The van der Waals surface area contributed by atoms with E-state index in [2.05, 4.69) is 5.32 Å². The summed E-state index contributed by atoms with van der Waals surface area (Å²) >= 11 is 0. The van der Waals surface area contributed by atoms with Gasteiger partial charge in [0, 0.05) is 18.4 Å². The van der Waals surface area contributed by atoms with Gasteiger partial charge in [0.05, 0.1) is 6.42 Å². The first-order chi connectivity index (χ1) is 7.77. The molecule has 1 saturated carbocycles. The maximum Gasteiger partial charge on any atom is 0.144 e. The summed E-state index contributed by atoms with van der Waals surface area (Å²) in [5.74, 6) is 0.664. The van der Waals surface area contributed by atoms with E-state index in [-0.39, 0.29) is 29.8 Å². The number of hydrogen-bond donors (Lipinski definition) is 1. The van der Waals surface area contributed by atoms with Gasteiger partial charge in [-0.1, -0.05) is 19.3 Å². The zero-order valence-corrected chi connectivity index (χ0v) is 9.84. The number of carbonyl (C=O) groups excluding carboxylic acids is 2. The summed E-state index contributed by atoms with van der Waals surface area (Å²) in [6.07, 6.45) is 6.70. The monoisotopic (exact) mass is 223 g/mol. The largest absolute Gasteiger partial charge is 0.316 e. The molecule has 2 rings (SSSR count). The molecule has 0 aromatic carbocycles. The average molecular weight is 223 g/mol. The third-order valence-electron chi connectivity index (χ3n) is 3.92. The molecule has 0 aromatic heterocycles. The topological polar surface area (TPSA) is 46.2 Å². The van der Waals surface area contributed by atoms with Gasteiger partial charge in [-0.05, 0) is 25.8 Å². The van der Waals surface area contributed by atoms with Crippen molar-refractivity contribution in [3.8, 4) is 0 Å². The van der Waals surface area contributed by atoms with E-state index in [4.69, 9.17) is 0 Å². The van der Waals surface area contributed by atoms with E-state index < -0.39 is 0 Å². The van der Waals surface area contributed by atoms with E-state index in [0.29, 0.717) is 0 Å². The van der Waals surface area contributed by atoms with E-state index in [1.54, 1.807) is 0 Å². The highest BCUT2D eigenvalue weighted by molar-refractivity contribution is 6.01. The van der Waals surface area contributed by atoms with Crippen LogP contribution in [0.1, 0.15) is 44.9 Å². The second-order valence-corrected chi connectivity index (χ2v) is 5.13. The molecule has 1 unspecified atom stereocenters. The summed E-state index contributed by atoms with van der Waals surface area (Å²) in [5.41, 5.74) is 0. The first-order valence-corrected chi connectivity index (χ1v) is 6.53. The zero-order valence-electron chi connectivity index (χ0n) is 9.84. The van der Waals surface area contributed by atoms with Crippen LogP contribution in [0.15, 0.2) is 0 Å². The first kappa shape index (κ1) is 11.8. The lowest BCUT2D eigenvalue weighted by Crippen LogP contribution is -2.25. The van der Waals surface area contributed by atoms with Crippen molar-refractivity contribution in [2.45, 2.75) is 44.9 Å². The summed E-state index contributed by atoms with van der Waals surface area (Å²) in [4.78, 5) is 23.8. The maximum atomic E-state index is 11.9. The van der Waals surface area contributed by atoms with Crippen LogP contribution in [-0.4, -0.2) is 24.7 Å². The molecule has 90 valence electrons. The standard InChI is InChI=1S/C13H21NO2/c15-12(10-4-2-1-3-5-10)8-13(16)11-6-7-14-9-11/h10-11,14H,1-9H2. The van der Waals surface area contributed by atoms with Gasteiger partial charge in [0.2, 0.25) is 0 Å². The van der Waals surface area contributed by atoms with Crippen LogP contribution in [0.2, 0.25) is 0 Å². The molecular weight excluding hydrogens is 202 g/mol. The van der Waals surface area contributed by atoms with Crippen molar-refractivity contribution in [2.24, 2.45) is 11.8 Å².